The van der Waals surface area contributed by atoms with E-state index in [1.165, 1.54) is 6.08 Å². The number of carbonyl (C=O) groups excluding carboxylic acids is 1. The molecule has 0 fully saturated rings. The van der Waals surface area contributed by atoms with Crippen LogP contribution in [0.5, 0.6) is 0 Å². The topological polar surface area (TPSA) is 59.8 Å². The first-order valence-electron chi connectivity index (χ1n) is 9.07. The number of carbonyl (C=O) groups is 1. The number of hydrogen-bond donors (Lipinski definition) is 1. The zero-order valence-electron chi connectivity index (χ0n) is 15.8. The third-order valence-electron chi connectivity index (χ3n) is 4.48. The molecule has 0 aliphatic carbocycles. The summed E-state index contributed by atoms with van der Waals surface area (Å²) in [5.41, 5.74) is 5.26. The zero-order valence-corrected chi connectivity index (χ0v) is 15.8. The average molecular weight is 368 g/mol. The van der Waals surface area contributed by atoms with E-state index in [2.05, 4.69) is 15.4 Å². The lowest BCUT2D eigenvalue weighted by Crippen LogP contribution is -2.11. The first-order valence-corrected chi connectivity index (χ1v) is 9.07. The highest BCUT2D eigenvalue weighted by Gasteiger charge is 2.10. The van der Waals surface area contributed by atoms with Gasteiger partial charge in [-0.25, -0.2) is 4.68 Å². The molecule has 0 bridgehead atoms. The third-order valence-corrected chi connectivity index (χ3v) is 4.48. The average Bonchev–Trinajstić information content (AvgIpc) is 3.04. The number of aryl methyl sites for hydroxylation is 2. The van der Waals surface area contributed by atoms with Crippen molar-refractivity contribution in [2.24, 2.45) is 0 Å². The third kappa shape index (κ3) is 3.55. The van der Waals surface area contributed by atoms with Gasteiger partial charge in [-0.2, -0.15) is 5.10 Å². The van der Waals surface area contributed by atoms with E-state index in [-0.39, 0.29) is 5.91 Å². The molecule has 0 aliphatic rings. The van der Waals surface area contributed by atoms with Crippen molar-refractivity contribution in [1.29, 1.82) is 0 Å². The lowest BCUT2D eigenvalue weighted by Gasteiger charge is -2.11. The normalized spacial score (nSPS) is 11.2. The van der Waals surface area contributed by atoms with Crippen molar-refractivity contribution in [3.8, 4) is 5.69 Å². The van der Waals surface area contributed by atoms with E-state index in [0.717, 1.165) is 33.5 Å². The first kappa shape index (κ1) is 17.7. The summed E-state index contributed by atoms with van der Waals surface area (Å²) in [4.78, 5) is 17.0. The molecule has 0 saturated carbocycles. The van der Waals surface area contributed by atoms with Crippen LogP contribution in [0.1, 0.15) is 17.0 Å². The number of rotatable bonds is 4. The number of fused-ring (bicyclic) bond motifs is 1. The molecule has 0 unspecified atom stereocenters. The van der Waals surface area contributed by atoms with Crippen LogP contribution in [0.15, 0.2) is 72.9 Å². The van der Waals surface area contributed by atoms with Gasteiger partial charge in [-0.05, 0) is 44.2 Å². The molecule has 2 heterocycles. The fraction of sp³-hybridized carbons (Fsp3) is 0.0870. The van der Waals surface area contributed by atoms with Crippen LogP contribution < -0.4 is 5.32 Å². The van der Waals surface area contributed by atoms with Gasteiger partial charge in [-0.1, -0.05) is 36.4 Å². The summed E-state index contributed by atoms with van der Waals surface area (Å²) < 4.78 is 1.84. The Kier molecular flexibility index (Phi) is 4.72. The maximum Gasteiger partial charge on any atom is 0.248 e. The van der Waals surface area contributed by atoms with Crippen LogP contribution in [-0.4, -0.2) is 20.7 Å². The van der Waals surface area contributed by atoms with Gasteiger partial charge in [-0.15, -0.1) is 0 Å². The van der Waals surface area contributed by atoms with E-state index < -0.39 is 0 Å². The van der Waals surface area contributed by atoms with Crippen LogP contribution in [0.3, 0.4) is 0 Å². The van der Waals surface area contributed by atoms with Gasteiger partial charge in [0, 0.05) is 28.9 Å². The fourth-order valence-electron chi connectivity index (χ4n) is 3.24. The second-order valence-corrected chi connectivity index (χ2v) is 6.60. The molecule has 0 aliphatic heterocycles. The molecule has 2 aromatic carbocycles. The Labute approximate surface area is 163 Å². The maximum absolute atomic E-state index is 12.5. The minimum atomic E-state index is -0.207. The fourth-order valence-corrected chi connectivity index (χ4v) is 3.24. The summed E-state index contributed by atoms with van der Waals surface area (Å²) in [5, 5.41) is 8.51. The predicted molar refractivity (Wildman–Crippen MR) is 112 cm³/mol. The summed E-state index contributed by atoms with van der Waals surface area (Å²) in [6.07, 6.45) is 5.07. The molecular formula is C23H20N4O. The van der Waals surface area contributed by atoms with Crippen molar-refractivity contribution in [2.75, 3.05) is 5.32 Å². The number of hydrogen-bond acceptors (Lipinski definition) is 3. The molecule has 4 aromatic rings. The van der Waals surface area contributed by atoms with E-state index in [0.29, 0.717) is 5.69 Å². The number of nitrogens with one attached hydrogen (secondary N) is 1. The zero-order chi connectivity index (χ0) is 19.5. The van der Waals surface area contributed by atoms with Gasteiger partial charge >= 0.3 is 0 Å². The minimum Gasteiger partial charge on any atom is -0.321 e. The molecule has 5 nitrogen and oxygen atoms in total. The van der Waals surface area contributed by atoms with Crippen LogP contribution in [0.2, 0.25) is 0 Å². The molecule has 1 amide bonds. The largest absolute Gasteiger partial charge is 0.321 e. The second-order valence-electron chi connectivity index (χ2n) is 6.60. The number of pyridine rings is 1. The van der Waals surface area contributed by atoms with E-state index in [1.807, 2.05) is 79.2 Å². The monoisotopic (exact) mass is 368 g/mol. The Hall–Kier alpha value is -3.73. The van der Waals surface area contributed by atoms with Crippen molar-refractivity contribution in [3.05, 3.63) is 89.9 Å². The molecule has 5 heteroatoms. The highest BCUT2D eigenvalue weighted by Crippen LogP contribution is 2.22. The standard InChI is InChI=1S/C23H20N4O/c1-16-15-17(2)27(26-16)21-11-4-3-10-20(21)25-22(28)13-12-19-8-5-7-18-9-6-14-24-23(18)19/h3-15H,1-2H3,(H,25,28). The lowest BCUT2D eigenvalue weighted by atomic mass is 10.1. The molecule has 1 N–H and O–H groups in total. The molecule has 0 saturated heterocycles. The lowest BCUT2D eigenvalue weighted by molar-refractivity contribution is -0.111. The summed E-state index contributed by atoms with van der Waals surface area (Å²) in [5.74, 6) is -0.207. The Balaban J connectivity index is 1.59. The summed E-state index contributed by atoms with van der Waals surface area (Å²) >= 11 is 0. The maximum atomic E-state index is 12.5. The second kappa shape index (κ2) is 7.48. The molecule has 0 atom stereocenters. The number of nitrogens with zero attached hydrogens (tertiary/aromatic N) is 3. The number of anilines is 1. The number of benzene rings is 2. The molecule has 28 heavy (non-hydrogen) atoms. The Morgan fingerprint density at radius 2 is 1.86 bits per heavy atom. The van der Waals surface area contributed by atoms with Crippen molar-refractivity contribution in [2.45, 2.75) is 13.8 Å². The van der Waals surface area contributed by atoms with Crippen LogP contribution >= 0.6 is 0 Å². The minimum absolute atomic E-state index is 0.207. The van der Waals surface area contributed by atoms with Crippen LogP contribution in [-0.2, 0) is 4.79 Å². The van der Waals surface area contributed by atoms with Gasteiger partial charge in [0.1, 0.15) is 0 Å². The molecule has 0 spiro atoms. The van der Waals surface area contributed by atoms with Crippen LogP contribution in [0, 0.1) is 13.8 Å². The highest BCUT2D eigenvalue weighted by molar-refractivity contribution is 6.04. The highest BCUT2D eigenvalue weighted by atomic mass is 16.1. The van der Waals surface area contributed by atoms with Crippen LogP contribution in [0.25, 0.3) is 22.7 Å². The number of aromatic nitrogens is 3. The van der Waals surface area contributed by atoms with E-state index in [4.69, 9.17) is 0 Å². The smallest absolute Gasteiger partial charge is 0.248 e. The Morgan fingerprint density at radius 3 is 2.68 bits per heavy atom. The molecule has 138 valence electrons. The van der Waals surface area contributed by atoms with Gasteiger partial charge in [0.2, 0.25) is 5.91 Å². The SMILES string of the molecule is Cc1cc(C)n(-c2ccccc2NC(=O)C=Cc2cccc3cccnc23)n1. The summed E-state index contributed by atoms with van der Waals surface area (Å²) in [7, 11) is 0. The molecular weight excluding hydrogens is 348 g/mol. The molecule has 4 rings (SSSR count). The molecule has 2 aromatic heterocycles. The van der Waals surface area contributed by atoms with Crippen molar-refractivity contribution >= 4 is 28.6 Å². The van der Waals surface area contributed by atoms with Gasteiger partial charge in [0.05, 0.1) is 22.6 Å². The number of para-hydroxylation sites is 3. The molecule has 0 radical (unpaired) electrons. The van der Waals surface area contributed by atoms with Gasteiger partial charge in [0.15, 0.2) is 0 Å². The van der Waals surface area contributed by atoms with E-state index in [9.17, 15) is 4.79 Å². The Bertz CT molecular complexity index is 1180. The summed E-state index contributed by atoms with van der Waals surface area (Å²) in [6, 6.07) is 19.5. The summed E-state index contributed by atoms with van der Waals surface area (Å²) in [6.45, 7) is 3.94. The van der Waals surface area contributed by atoms with Crippen molar-refractivity contribution < 1.29 is 4.79 Å². The van der Waals surface area contributed by atoms with Gasteiger partial charge in [-0.3, -0.25) is 9.78 Å². The van der Waals surface area contributed by atoms with E-state index >= 15 is 0 Å². The van der Waals surface area contributed by atoms with Crippen LogP contribution in [0.4, 0.5) is 5.69 Å². The van der Waals surface area contributed by atoms with Gasteiger partial charge < -0.3 is 5.32 Å². The predicted octanol–water partition coefficient (Wildman–Crippen LogP) is 4.69. The first-order chi connectivity index (χ1) is 13.6. The van der Waals surface area contributed by atoms with E-state index in [1.54, 1.807) is 12.3 Å². The quantitative estimate of drug-likeness (QED) is 0.532. The number of amides is 1. The van der Waals surface area contributed by atoms with Crippen molar-refractivity contribution in [3.63, 3.8) is 0 Å². The van der Waals surface area contributed by atoms with Gasteiger partial charge in [0.25, 0.3) is 0 Å². The van der Waals surface area contributed by atoms with Crippen molar-refractivity contribution in [1.82, 2.24) is 14.8 Å². The Morgan fingerprint density at radius 1 is 1.04 bits per heavy atom.